The molecular formula is C11H19N5O2S. The van der Waals surface area contributed by atoms with Gasteiger partial charge in [-0.15, -0.1) is 0 Å². The third-order valence-corrected chi connectivity index (χ3v) is 4.59. The molecule has 1 unspecified atom stereocenters. The maximum atomic E-state index is 11.7. The normalized spacial score (nSPS) is 21.2. The molecule has 1 aliphatic heterocycles. The summed E-state index contributed by atoms with van der Waals surface area (Å²) in [5, 5.41) is 3.08. The van der Waals surface area contributed by atoms with Gasteiger partial charge in [-0.05, 0) is 19.3 Å². The Bertz CT molecular complexity index is 493. The molecule has 1 aromatic heterocycles. The van der Waals surface area contributed by atoms with Crippen LogP contribution >= 0.6 is 0 Å². The Kier molecular flexibility index (Phi) is 4.65. The summed E-state index contributed by atoms with van der Waals surface area (Å²) in [5.41, 5.74) is 0. The van der Waals surface area contributed by atoms with Crippen molar-refractivity contribution in [3.8, 4) is 0 Å². The number of sulfonamides is 1. The van der Waals surface area contributed by atoms with Gasteiger partial charge in [0.1, 0.15) is 12.7 Å². The zero-order valence-electron chi connectivity index (χ0n) is 11.0. The van der Waals surface area contributed by atoms with Crippen LogP contribution in [0.15, 0.2) is 12.7 Å². The maximum Gasteiger partial charge on any atom is 0.225 e. The third-order valence-electron chi connectivity index (χ3n) is 3.25. The SMILES string of the molecule is CS(=O)(=O)N1CCCCC1CCNc1ncncn1. The molecule has 106 valence electrons. The van der Waals surface area contributed by atoms with Crippen molar-refractivity contribution in [3.63, 3.8) is 0 Å². The van der Waals surface area contributed by atoms with Gasteiger partial charge in [-0.3, -0.25) is 0 Å². The topological polar surface area (TPSA) is 88.1 Å². The predicted molar refractivity (Wildman–Crippen MR) is 72.1 cm³/mol. The van der Waals surface area contributed by atoms with Gasteiger partial charge in [0, 0.05) is 19.1 Å². The molecule has 0 saturated carbocycles. The molecule has 0 amide bonds. The second-order valence-corrected chi connectivity index (χ2v) is 6.64. The number of nitrogens with one attached hydrogen (secondary N) is 1. The minimum absolute atomic E-state index is 0.0816. The number of piperidine rings is 1. The van der Waals surface area contributed by atoms with E-state index in [1.807, 2.05) is 0 Å². The van der Waals surface area contributed by atoms with Crippen molar-refractivity contribution in [1.29, 1.82) is 0 Å². The Morgan fingerprint density at radius 1 is 1.37 bits per heavy atom. The Balaban J connectivity index is 1.87. The first-order valence-corrected chi connectivity index (χ1v) is 8.25. The number of rotatable bonds is 5. The molecule has 1 atom stereocenters. The smallest absolute Gasteiger partial charge is 0.225 e. The zero-order chi connectivity index (χ0) is 13.7. The van der Waals surface area contributed by atoms with Gasteiger partial charge in [-0.25, -0.2) is 23.4 Å². The fraction of sp³-hybridized carbons (Fsp3) is 0.727. The minimum atomic E-state index is -3.11. The molecule has 1 fully saturated rings. The Hall–Kier alpha value is -1.28. The molecule has 1 aromatic rings. The first-order chi connectivity index (χ1) is 9.07. The Labute approximate surface area is 113 Å². The summed E-state index contributed by atoms with van der Waals surface area (Å²) < 4.78 is 25.0. The van der Waals surface area contributed by atoms with Crippen LogP contribution in [0.25, 0.3) is 0 Å². The molecule has 0 aliphatic carbocycles. The van der Waals surface area contributed by atoms with Crippen LogP contribution < -0.4 is 5.32 Å². The van der Waals surface area contributed by atoms with Gasteiger partial charge in [0.15, 0.2) is 0 Å². The molecule has 1 N–H and O–H groups in total. The number of anilines is 1. The van der Waals surface area contributed by atoms with E-state index in [0.717, 1.165) is 25.7 Å². The molecule has 19 heavy (non-hydrogen) atoms. The van der Waals surface area contributed by atoms with Gasteiger partial charge < -0.3 is 5.32 Å². The summed E-state index contributed by atoms with van der Waals surface area (Å²) in [7, 11) is -3.11. The zero-order valence-corrected chi connectivity index (χ0v) is 11.8. The van der Waals surface area contributed by atoms with Crippen molar-refractivity contribution in [1.82, 2.24) is 19.3 Å². The highest BCUT2D eigenvalue weighted by molar-refractivity contribution is 7.88. The number of hydrogen-bond donors (Lipinski definition) is 1. The van der Waals surface area contributed by atoms with Crippen LogP contribution in [0.1, 0.15) is 25.7 Å². The Morgan fingerprint density at radius 2 is 2.11 bits per heavy atom. The lowest BCUT2D eigenvalue weighted by molar-refractivity contribution is 0.246. The molecule has 1 aliphatic rings. The highest BCUT2D eigenvalue weighted by Gasteiger charge is 2.28. The van der Waals surface area contributed by atoms with E-state index >= 15 is 0 Å². The molecule has 1 saturated heterocycles. The van der Waals surface area contributed by atoms with Crippen LogP contribution in [0, 0.1) is 0 Å². The van der Waals surface area contributed by atoms with Crippen LogP contribution in [0.3, 0.4) is 0 Å². The van der Waals surface area contributed by atoms with Gasteiger partial charge in [0.05, 0.1) is 6.26 Å². The van der Waals surface area contributed by atoms with Gasteiger partial charge in [-0.1, -0.05) is 6.42 Å². The summed E-state index contributed by atoms with van der Waals surface area (Å²) in [6.45, 7) is 1.29. The van der Waals surface area contributed by atoms with Crippen LogP contribution in [-0.4, -0.2) is 53.1 Å². The summed E-state index contributed by atoms with van der Waals surface area (Å²) >= 11 is 0. The fourth-order valence-corrected chi connectivity index (χ4v) is 3.59. The molecular weight excluding hydrogens is 266 g/mol. The molecule has 2 heterocycles. The van der Waals surface area contributed by atoms with E-state index in [0.29, 0.717) is 19.0 Å². The molecule has 0 aromatic carbocycles. The molecule has 7 nitrogen and oxygen atoms in total. The predicted octanol–water partition coefficient (Wildman–Crippen LogP) is 0.488. The van der Waals surface area contributed by atoms with Crippen LogP contribution in [0.5, 0.6) is 0 Å². The highest BCUT2D eigenvalue weighted by Crippen LogP contribution is 2.22. The van der Waals surface area contributed by atoms with E-state index in [1.54, 1.807) is 4.31 Å². The van der Waals surface area contributed by atoms with Crippen LogP contribution in [0.4, 0.5) is 5.95 Å². The minimum Gasteiger partial charge on any atom is -0.354 e. The lowest BCUT2D eigenvalue weighted by atomic mass is 10.0. The van der Waals surface area contributed by atoms with Gasteiger partial charge in [0.2, 0.25) is 16.0 Å². The van der Waals surface area contributed by atoms with Crippen molar-refractivity contribution in [2.75, 3.05) is 24.7 Å². The van der Waals surface area contributed by atoms with Gasteiger partial charge in [0.25, 0.3) is 0 Å². The molecule has 0 radical (unpaired) electrons. The molecule has 2 rings (SSSR count). The molecule has 8 heteroatoms. The summed E-state index contributed by atoms with van der Waals surface area (Å²) in [4.78, 5) is 11.7. The van der Waals surface area contributed by atoms with E-state index < -0.39 is 10.0 Å². The maximum absolute atomic E-state index is 11.7. The van der Waals surface area contributed by atoms with Crippen molar-refractivity contribution in [2.45, 2.75) is 31.7 Å². The van der Waals surface area contributed by atoms with Crippen LogP contribution in [0.2, 0.25) is 0 Å². The van der Waals surface area contributed by atoms with E-state index in [4.69, 9.17) is 0 Å². The summed E-state index contributed by atoms with van der Waals surface area (Å²) in [6, 6.07) is 0.0816. The van der Waals surface area contributed by atoms with Crippen molar-refractivity contribution < 1.29 is 8.42 Å². The van der Waals surface area contributed by atoms with Crippen molar-refractivity contribution >= 4 is 16.0 Å². The fourth-order valence-electron chi connectivity index (χ4n) is 2.38. The summed E-state index contributed by atoms with van der Waals surface area (Å²) in [5.74, 6) is 0.525. The summed E-state index contributed by atoms with van der Waals surface area (Å²) in [6.07, 6.45) is 7.86. The lowest BCUT2D eigenvalue weighted by Gasteiger charge is -2.33. The Morgan fingerprint density at radius 3 is 2.79 bits per heavy atom. The van der Waals surface area contributed by atoms with E-state index in [9.17, 15) is 8.42 Å². The van der Waals surface area contributed by atoms with E-state index in [2.05, 4.69) is 20.3 Å². The monoisotopic (exact) mass is 285 g/mol. The third kappa shape index (κ3) is 4.10. The second kappa shape index (κ2) is 6.25. The van der Waals surface area contributed by atoms with Crippen molar-refractivity contribution in [2.24, 2.45) is 0 Å². The standard InChI is InChI=1S/C11H19N5O2S/c1-19(17,18)16-7-3-2-4-10(16)5-6-13-11-14-8-12-9-15-11/h8-10H,2-7H2,1H3,(H,12,13,14,15). The van der Waals surface area contributed by atoms with Gasteiger partial charge in [-0.2, -0.15) is 4.31 Å². The van der Waals surface area contributed by atoms with E-state index in [1.165, 1.54) is 18.9 Å². The van der Waals surface area contributed by atoms with Crippen LogP contribution in [-0.2, 0) is 10.0 Å². The largest absolute Gasteiger partial charge is 0.354 e. The quantitative estimate of drug-likeness (QED) is 0.847. The van der Waals surface area contributed by atoms with Gasteiger partial charge >= 0.3 is 0 Å². The number of nitrogens with zero attached hydrogens (tertiary/aromatic N) is 4. The first-order valence-electron chi connectivity index (χ1n) is 6.40. The number of hydrogen-bond acceptors (Lipinski definition) is 6. The molecule has 0 bridgehead atoms. The first kappa shape index (κ1) is 14.1. The molecule has 0 spiro atoms. The lowest BCUT2D eigenvalue weighted by Crippen LogP contribution is -2.43. The average Bonchev–Trinajstić information content (AvgIpc) is 2.39. The average molecular weight is 285 g/mol. The second-order valence-electron chi connectivity index (χ2n) is 4.70. The van der Waals surface area contributed by atoms with E-state index in [-0.39, 0.29) is 6.04 Å². The van der Waals surface area contributed by atoms with Crippen molar-refractivity contribution in [3.05, 3.63) is 12.7 Å². The highest BCUT2D eigenvalue weighted by atomic mass is 32.2. The number of aromatic nitrogens is 3.